The fourth-order valence-electron chi connectivity index (χ4n) is 1.40. The van der Waals surface area contributed by atoms with Crippen LogP contribution in [0.4, 0.5) is 0 Å². The maximum absolute atomic E-state index is 9.25. The predicted molar refractivity (Wildman–Crippen MR) is 108 cm³/mol. The number of para-hydroxylation sites is 1. The minimum absolute atomic E-state index is 0.343. The Hall–Kier alpha value is -3.83. The second-order valence-corrected chi connectivity index (χ2v) is 4.98. The van der Waals surface area contributed by atoms with Crippen molar-refractivity contribution in [3.05, 3.63) is 78.9 Å². The molecule has 3 N–H and O–H groups in total. The number of carboxylic acid groups (broad SMARTS) is 1. The first-order chi connectivity index (χ1) is 13.9. The second kappa shape index (κ2) is 20.5. The second-order valence-electron chi connectivity index (χ2n) is 4.98. The van der Waals surface area contributed by atoms with Crippen LogP contribution < -0.4 is 4.74 Å². The minimum atomic E-state index is -0.981. The van der Waals surface area contributed by atoms with Crippen LogP contribution in [0.25, 0.3) is 0 Å². The molecule has 0 aliphatic carbocycles. The number of aryl methyl sites for hydroxylation is 1. The number of aliphatic carboxylic acids is 1. The highest BCUT2D eigenvalue weighted by Crippen LogP contribution is 2.13. The van der Waals surface area contributed by atoms with Crippen molar-refractivity contribution in [3.8, 4) is 5.75 Å². The molecule has 0 saturated carbocycles. The van der Waals surface area contributed by atoms with Crippen LogP contribution in [0.2, 0.25) is 0 Å². The van der Waals surface area contributed by atoms with E-state index in [0.29, 0.717) is 12.7 Å². The predicted octanol–water partition coefficient (Wildman–Crippen LogP) is 3.52. The molecule has 0 amide bonds. The van der Waals surface area contributed by atoms with E-state index < -0.39 is 5.97 Å². The number of epoxide rings is 1. The Balaban J connectivity index is 0. The summed E-state index contributed by atoms with van der Waals surface area (Å²) in [5.41, 5.74) is 1.32. The van der Waals surface area contributed by atoms with E-state index in [1.807, 2.05) is 48.5 Å². The molecular formula is C21H24N2O6. The van der Waals surface area contributed by atoms with Gasteiger partial charge in [0.25, 0.3) is 0 Å². The van der Waals surface area contributed by atoms with Crippen LogP contribution >= 0.6 is 0 Å². The van der Waals surface area contributed by atoms with Crippen molar-refractivity contribution in [2.24, 2.45) is 0 Å². The van der Waals surface area contributed by atoms with Gasteiger partial charge in [0.2, 0.25) is 12.2 Å². The van der Waals surface area contributed by atoms with Crippen molar-refractivity contribution in [3.63, 3.8) is 0 Å². The van der Waals surface area contributed by atoms with E-state index in [0.717, 1.165) is 30.6 Å². The topological polar surface area (TPSA) is 141 Å². The van der Waals surface area contributed by atoms with Gasteiger partial charge in [-0.1, -0.05) is 60.7 Å². The van der Waals surface area contributed by atoms with Crippen LogP contribution in [0.1, 0.15) is 5.56 Å². The van der Waals surface area contributed by atoms with Crippen LogP contribution in [-0.4, -0.2) is 42.6 Å². The number of benzene rings is 2. The fraction of sp³-hybridized carbons (Fsp3) is 0.190. The number of hydrogen-bond acceptors (Lipinski definition) is 7. The molecule has 8 heteroatoms. The Bertz CT molecular complexity index is 722. The summed E-state index contributed by atoms with van der Waals surface area (Å²) in [5, 5.41) is 18.4. The van der Waals surface area contributed by atoms with Crippen LogP contribution in [0, 0.1) is 17.7 Å². The number of ether oxygens (including phenoxy) is 2. The van der Waals surface area contributed by atoms with E-state index in [9.17, 15) is 4.79 Å². The van der Waals surface area contributed by atoms with Gasteiger partial charge in [0.1, 0.15) is 18.5 Å². The van der Waals surface area contributed by atoms with Gasteiger partial charge in [0.15, 0.2) is 0 Å². The van der Waals surface area contributed by atoms with Crippen LogP contribution in [-0.2, 0) is 19.1 Å². The molecule has 2 aromatic carbocycles. The maximum atomic E-state index is 9.25. The Kier molecular flexibility index (Phi) is 19.3. The molecule has 1 heterocycles. The Labute approximate surface area is 169 Å². The van der Waals surface area contributed by atoms with E-state index >= 15 is 0 Å². The molecule has 29 heavy (non-hydrogen) atoms. The Morgan fingerprint density at radius 2 is 1.52 bits per heavy atom. The zero-order chi connectivity index (χ0) is 22.3. The molecule has 154 valence electrons. The summed E-state index contributed by atoms with van der Waals surface area (Å²) in [7, 11) is 0. The summed E-state index contributed by atoms with van der Waals surface area (Å²) >= 11 is 0. The quantitative estimate of drug-likeness (QED) is 0.310. The number of carbonyl (C=O) groups excluding carboxylic acids is 2. The smallest absolute Gasteiger partial charge is 0.327 e. The van der Waals surface area contributed by atoms with Gasteiger partial charge in [-0.05, 0) is 19.1 Å². The van der Waals surface area contributed by atoms with Crippen molar-refractivity contribution < 1.29 is 29.0 Å². The normalized spacial score (nSPS) is 11.8. The van der Waals surface area contributed by atoms with Gasteiger partial charge < -0.3 is 14.6 Å². The molecule has 1 fully saturated rings. The molecule has 0 bridgehead atoms. The number of hydrogen-bond donors (Lipinski definition) is 3. The lowest BCUT2D eigenvalue weighted by molar-refractivity contribution is -0.131. The highest BCUT2D eigenvalue weighted by Gasteiger charge is 2.22. The van der Waals surface area contributed by atoms with Gasteiger partial charge in [-0.2, -0.15) is 0 Å². The lowest BCUT2D eigenvalue weighted by atomic mass is 10.2. The summed E-state index contributed by atoms with van der Waals surface area (Å²) < 4.78 is 10.4. The Morgan fingerprint density at radius 3 is 1.79 bits per heavy atom. The SMILES string of the molecule is C=CC(=O)O.Cc1ccccc1.N=C=O.N=C=O.c1ccc(OCC2CO2)cc1. The van der Waals surface area contributed by atoms with E-state index in [2.05, 4.69) is 25.6 Å². The average molecular weight is 400 g/mol. The Morgan fingerprint density at radius 1 is 1.14 bits per heavy atom. The molecule has 0 spiro atoms. The monoisotopic (exact) mass is 400 g/mol. The number of carbonyl (C=O) groups is 1. The van der Waals surface area contributed by atoms with E-state index in [1.54, 1.807) is 0 Å². The largest absolute Gasteiger partial charge is 0.491 e. The van der Waals surface area contributed by atoms with Crippen LogP contribution in [0.5, 0.6) is 5.75 Å². The highest BCUT2D eigenvalue weighted by atomic mass is 16.6. The number of isocyanates is 2. The number of rotatable bonds is 4. The first kappa shape index (κ1) is 27.4. The standard InChI is InChI=1S/C9H10O2.C7H8.C3H4O2.2CHNO/c1-2-4-8(5-3-1)10-6-9-7-11-9;1-7-5-3-2-4-6-7;1-2-3(4)5;2*2-1-3/h1-5,9H,6-7H2;2-6H,1H3;2H,1H2,(H,4,5);2*2H. The van der Waals surface area contributed by atoms with Gasteiger partial charge >= 0.3 is 5.97 Å². The van der Waals surface area contributed by atoms with Crippen LogP contribution in [0.15, 0.2) is 73.3 Å². The van der Waals surface area contributed by atoms with Crippen molar-refractivity contribution in [1.82, 2.24) is 0 Å². The third-order valence-corrected chi connectivity index (χ3v) is 2.70. The zero-order valence-electron chi connectivity index (χ0n) is 16.0. The first-order valence-electron chi connectivity index (χ1n) is 8.19. The lowest BCUT2D eigenvalue weighted by Crippen LogP contribution is -2.03. The summed E-state index contributed by atoms with van der Waals surface area (Å²) in [5.74, 6) is -0.0620. The number of carboxylic acids is 1. The summed E-state index contributed by atoms with van der Waals surface area (Å²) in [6.45, 7) is 6.58. The third kappa shape index (κ3) is 24.2. The van der Waals surface area contributed by atoms with E-state index in [-0.39, 0.29) is 0 Å². The minimum Gasteiger partial charge on any atom is -0.491 e. The summed E-state index contributed by atoms with van der Waals surface area (Å²) in [6.07, 6.45) is 2.68. The van der Waals surface area contributed by atoms with Crippen molar-refractivity contribution in [1.29, 1.82) is 10.8 Å². The molecule has 1 unspecified atom stereocenters. The van der Waals surface area contributed by atoms with Gasteiger partial charge in [0, 0.05) is 6.08 Å². The van der Waals surface area contributed by atoms with E-state index in [4.69, 9.17) is 35.0 Å². The van der Waals surface area contributed by atoms with Crippen molar-refractivity contribution in [2.75, 3.05) is 13.2 Å². The molecular weight excluding hydrogens is 376 g/mol. The summed E-state index contributed by atoms with van der Waals surface area (Å²) in [4.78, 5) is 25.9. The van der Waals surface area contributed by atoms with Gasteiger partial charge in [-0.15, -0.1) is 0 Å². The molecule has 1 atom stereocenters. The third-order valence-electron chi connectivity index (χ3n) is 2.70. The highest BCUT2D eigenvalue weighted by molar-refractivity contribution is 5.78. The fourth-order valence-corrected chi connectivity index (χ4v) is 1.40. The van der Waals surface area contributed by atoms with Gasteiger partial charge in [-0.25, -0.2) is 25.2 Å². The molecule has 2 aromatic rings. The van der Waals surface area contributed by atoms with Crippen molar-refractivity contribution >= 4 is 18.1 Å². The lowest BCUT2D eigenvalue weighted by Gasteiger charge is -2.01. The molecule has 0 aromatic heterocycles. The molecule has 0 radical (unpaired) electrons. The zero-order valence-corrected chi connectivity index (χ0v) is 16.0. The maximum Gasteiger partial charge on any atom is 0.327 e. The molecule has 3 rings (SSSR count). The molecule has 1 saturated heterocycles. The van der Waals surface area contributed by atoms with E-state index in [1.165, 1.54) is 5.56 Å². The summed E-state index contributed by atoms with van der Waals surface area (Å²) in [6, 6.07) is 20.1. The average Bonchev–Trinajstić information content (AvgIpc) is 3.55. The van der Waals surface area contributed by atoms with Crippen molar-refractivity contribution in [2.45, 2.75) is 13.0 Å². The van der Waals surface area contributed by atoms with Gasteiger partial charge in [-0.3, -0.25) is 0 Å². The first-order valence-corrected chi connectivity index (χ1v) is 8.19. The van der Waals surface area contributed by atoms with Crippen LogP contribution in [0.3, 0.4) is 0 Å². The van der Waals surface area contributed by atoms with Gasteiger partial charge in [0.05, 0.1) is 6.61 Å². The molecule has 8 nitrogen and oxygen atoms in total. The number of nitrogens with one attached hydrogen (secondary N) is 2. The molecule has 1 aliphatic rings. The molecule has 1 aliphatic heterocycles.